The number of allylic oxidation sites excluding steroid dienone is 1. The third-order valence-electron chi connectivity index (χ3n) is 8.05. The summed E-state index contributed by atoms with van der Waals surface area (Å²) >= 11 is 0.955. The Labute approximate surface area is 364 Å². The molecule has 0 radical (unpaired) electrons. The number of β-lactam (4-membered cyclic amide) rings is 1. The van der Waals surface area contributed by atoms with E-state index in [1.165, 1.54) is 31.4 Å². The lowest BCUT2D eigenvalue weighted by Gasteiger charge is -2.37. The molecule has 1 aliphatic heterocycles. The molecule has 62 heavy (non-hydrogen) atoms. The van der Waals surface area contributed by atoms with Crippen LogP contribution in [-0.2, 0) is 44.7 Å². The summed E-state index contributed by atoms with van der Waals surface area (Å²) in [7, 11) is 0. The third kappa shape index (κ3) is 16.3. The molecule has 1 fully saturated rings. The Kier molecular flexibility index (Phi) is 18.3. The van der Waals surface area contributed by atoms with Crippen LogP contribution in [0, 0.1) is 5.21 Å². The first-order chi connectivity index (χ1) is 29.0. The van der Waals surface area contributed by atoms with Gasteiger partial charge in [0.25, 0.3) is 5.91 Å². The number of carbonyl (C=O) groups is 5. The Bertz CT molecular complexity index is 1990. The average molecular weight is 890 g/mol. The predicted molar refractivity (Wildman–Crippen MR) is 228 cm³/mol. The molecule has 0 saturated carbocycles. The standard InChI is InChI=1S/C40H59N9O12S/c1-12-14-16-56-23(3)29(57-17-15-13-2)19-25(47-55)26-18-24(60-48-26)20-41-35(53)42-21-27-30(32(50)43-27)45-33(51)31(49-61-40(10,11)34(52)58-38(4,5)6)28-22-62-36(44-28)46-37(54)59-39(7,8)9/h18-19,22,27,30,47H,3,12-17,20-21H2,1-2,4-11H3,(H5-,41,42,43,44,45,46,48,50,51,53,54,55)/b29-19+,49-31-/t27-,30+/m1/s1. The maximum absolute atomic E-state index is 13.7. The van der Waals surface area contributed by atoms with Gasteiger partial charge in [0.15, 0.2) is 33.8 Å². The summed E-state index contributed by atoms with van der Waals surface area (Å²) in [6.45, 7) is 21.4. The number of amides is 5. The van der Waals surface area contributed by atoms with Gasteiger partial charge in [-0.15, -0.1) is 11.3 Å². The second-order valence-corrected chi connectivity index (χ2v) is 17.2. The molecule has 342 valence electrons. The highest BCUT2D eigenvalue weighted by molar-refractivity contribution is 7.14. The van der Waals surface area contributed by atoms with Gasteiger partial charge in [-0.25, -0.2) is 24.5 Å². The van der Waals surface area contributed by atoms with Gasteiger partial charge in [-0.1, -0.05) is 43.6 Å². The molecule has 2 aromatic rings. The van der Waals surface area contributed by atoms with Crippen molar-refractivity contribution in [1.29, 1.82) is 0 Å². The summed E-state index contributed by atoms with van der Waals surface area (Å²) < 4.78 is 27.5. The van der Waals surface area contributed by atoms with Crippen LogP contribution in [0.2, 0.25) is 0 Å². The molecule has 0 aromatic carbocycles. The summed E-state index contributed by atoms with van der Waals surface area (Å²) in [5, 5.41) is 36.0. The van der Waals surface area contributed by atoms with Gasteiger partial charge in [-0.3, -0.25) is 14.9 Å². The molecular weight excluding hydrogens is 831 g/mol. The van der Waals surface area contributed by atoms with E-state index < -0.39 is 64.5 Å². The first kappa shape index (κ1) is 50.2. The van der Waals surface area contributed by atoms with Crippen molar-refractivity contribution in [2.75, 3.05) is 25.1 Å². The number of nitrogens with one attached hydrogen (secondary N) is 6. The van der Waals surface area contributed by atoms with E-state index in [2.05, 4.69) is 48.5 Å². The van der Waals surface area contributed by atoms with Crippen molar-refractivity contribution in [2.45, 2.75) is 130 Å². The Morgan fingerprint density at radius 2 is 1.66 bits per heavy atom. The van der Waals surface area contributed by atoms with Crippen molar-refractivity contribution < 1.29 is 57.4 Å². The lowest BCUT2D eigenvalue weighted by Crippen LogP contribution is -2.72. The number of thiazole rings is 1. The summed E-state index contributed by atoms with van der Waals surface area (Å²) in [4.78, 5) is 74.2. The van der Waals surface area contributed by atoms with Gasteiger partial charge in [0.05, 0.1) is 31.9 Å². The van der Waals surface area contributed by atoms with Crippen LogP contribution in [0.15, 0.2) is 45.3 Å². The maximum Gasteiger partial charge on any atom is 0.413 e. The molecule has 2 aromatic heterocycles. The minimum Gasteiger partial charge on any atom is -0.625 e. The van der Waals surface area contributed by atoms with Crippen molar-refractivity contribution in [3.63, 3.8) is 0 Å². The van der Waals surface area contributed by atoms with Crippen molar-refractivity contribution in [3.8, 4) is 0 Å². The molecule has 1 saturated heterocycles. The van der Waals surface area contributed by atoms with Gasteiger partial charge in [0.2, 0.25) is 17.2 Å². The van der Waals surface area contributed by atoms with Crippen LogP contribution in [-0.4, -0.2) is 100 Å². The number of oxime groups is 1. The van der Waals surface area contributed by atoms with Crippen LogP contribution in [0.25, 0.3) is 0 Å². The highest BCUT2D eigenvalue weighted by Crippen LogP contribution is 2.22. The smallest absolute Gasteiger partial charge is 0.413 e. The molecule has 0 spiro atoms. The normalized spacial score (nSPS) is 16.0. The molecule has 0 aliphatic carbocycles. The minimum atomic E-state index is -1.66. The summed E-state index contributed by atoms with van der Waals surface area (Å²) in [6, 6.07) is -1.09. The Morgan fingerprint density at radius 3 is 2.27 bits per heavy atom. The quantitative estimate of drug-likeness (QED) is 0.0145. The number of aromatic nitrogens is 2. The van der Waals surface area contributed by atoms with Gasteiger partial charge in [-0.2, -0.15) is 0 Å². The topological polar surface area (TPSA) is 280 Å². The number of ether oxygens (including phenoxy) is 4. The Balaban J connectivity index is 1.67. The highest BCUT2D eigenvalue weighted by atomic mass is 32.1. The molecular formula is C40H59N9O12S. The lowest BCUT2D eigenvalue weighted by molar-refractivity contribution is -0.371. The first-order valence-electron chi connectivity index (χ1n) is 20.0. The van der Waals surface area contributed by atoms with E-state index in [9.17, 15) is 29.2 Å². The first-order valence-corrected chi connectivity index (χ1v) is 20.9. The molecule has 1 aliphatic rings. The molecule has 3 heterocycles. The third-order valence-corrected chi connectivity index (χ3v) is 8.81. The summed E-state index contributed by atoms with van der Waals surface area (Å²) in [5.41, 5.74) is -3.63. The average Bonchev–Trinajstić information content (AvgIpc) is 3.84. The van der Waals surface area contributed by atoms with E-state index in [0.717, 1.165) is 37.0 Å². The molecule has 22 heteroatoms. The fourth-order valence-electron chi connectivity index (χ4n) is 4.80. The number of hydrogen-bond donors (Lipinski definition) is 6. The van der Waals surface area contributed by atoms with E-state index in [4.69, 9.17) is 28.3 Å². The number of nitrogens with zero attached hydrogens (tertiary/aromatic N) is 3. The zero-order valence-corrected chi connectivity index (χ0v) is 37.7. The SMILES string of the molecule is C=C(OCCCC)/C(=C\C(=[NH+]\[O-])c1cc(CNC(=O)NC[C@H]2NC(=O)[C@H]2NC(=O)/C(=N\OC(C)(C)C(=O)OC(C)(C)C)c2csc(NC(=O)OC(C)(C)C)n2)on1)OCCCC. The number of hydrogen-bond acceptors (Lipinski definition) is 16. The van der Waals surface area contributed by atoms with Gasteiger partial charge < -0.3 is 54.8 Å². The lowest BCUT2D eigenvalue weighted by atomic mass is 9.98. The Hall–Kier alpha value is -6.19. The molecule has 6 N–H and O–H groups in total. The van der Waals surface area contributed by atoms with Crippen LogP contribution < -0.4 is 31.7 Å². The predicted octanol–water partition coefficient (Wildman–Crippen LogP) is 3.20. The number of carbonyl (C=O) groups excluding carboxylic acids is 5. The number of anilines is 1. The second kappa shape index (κ2) is 22.6. The van der Waals surface area contributed by atoms with Crippen LogP contribution in [0.3, 0.4) is 0 Å². The second-order valence-electron chi connectivity index (χ2n) is 16.4. The van der Waals surface area contributed by atoms with E-state index in [1.807, 2.05) is 19.0 Å². The van der Waals surface area contributed by atoms with Crippen LogP contribution in [0.1, 0.15) is 112 Å². The molecule has 0 bridgehead atoms. The number of unbranched alkanes of at least 4 members (excludes halogenated alkanes) is 2. The van der Waals surface area contributed by atoms with Crippen molar-refractivity contribution in [3.05, 3.63) is 58.0 Å². The van der Waals surface area contributed by atoms with Gasteiger partial charge >= 0.3 is 18.1 Å². The van der Waals surface area contributed by atoms with Crippen LogP contribution in [0.5, 0.6) is 0 Å². The number of rotatable bonds is 22. The monoisotopic (exact) mass is 889 g/mol. The van der Waals surface area contributed by atoms with Gasteiger partial charge in [-0.05, 0) is 68.2 Å². The molecule has 0 unspecified atom stereocenters. The van der Waals surface area contributed by atoms with Crippen molar-refractivity contribution in [1.82, 2.24) is 31.4 Å². The minimum absolute atomic E-state index is 0.0178. The van der Waals surface area contributed by atoms with E-state index in [1.54, 1.807) is 41.5 Å². The van der Waals surface area contributed by atoms with Crippen molar-refractivity contribution >= 4 is 57.8 Å². The van der Waals surface area contributed by atoms with E-state index >= 15 is 0 Å². The maximum atomic E-state index is 13.7. The fourth-order valence-corrected chi connectivity index (χ4v) is 5.48. The summed E-state index contributed by atoms with van der Waals surface area (Å²) in [5.74, 6) is -1.50. The molecule has 5 amide bonds. The number of esters is 1. The van der Waals surface area contributed by atoms with E-state index in [-0.39, 0.29) is 52.6 Å². The highest BCUT2D eigenvalue weighted by Gasteiger charge is 2.42. The largest absolute Gasteiger partial charge is 0.625 e. The number of urea groups is 1. The van der Waals surface area contributed by atoms with E-state index in [0.29, 0.717) is 13.2 Å². The molecule has 21 nitrogen and oxygen atoms in total. The van der Waals surface area contributed by atoms with Crippen molar-refractivity contribution in [2.24, 2.45) is 5.16 Å². The van der Waals surface area contributed by atoms with Crippen LogP contribution >= 0.6 is 11.3 Å². The van der Waals surface area contributed by atoms with Gasteiger partial charge in [0, 0.05) is 18.0 Å². The zero-order chi connectivity index (χ0) is 46.3. The molecule has 3 rings (SSSR count). The van der Waals surface area contributed by atoms with Crippen LogP contribution in [0.4, 0.5) is 14.7 Å². The zero-order valence-electron chi connectivity index (χ0n) is 36.9. The summed E-state index contributed by atoms with van der Waals surface area (Å²) in [6.07, 6.45) is 4.04. The fraction of sp³-hybridized carbons (Fsp3) is 0.575. The molecule has 2 atom stereocenters. The van der Waals surface area contributed by atoms with Gasteiger partial charge in [0.1, 0.15) is 22.9 Å². The Morgan fingerprint density at radius 1 is 1.00 bits per heavy atom.